The van der Waals surface area contributed by atoms with E-state index in [2.05, 4.69) is 9.88 Å². The van der Waals surface area contributed by atoms with Crippen molar-refractivity contribution in [3.8, 4) is 0 Å². The zero-order chi connectivity index (χ0) is 14.6. The molecule has 0 saturated carbocycles. The lowest BCUT2D eigenvalue weighted by molar-refractivity contribution is 0.0981. The largest absolute Gasteiger partial charge is 0.453 e. The third-order valence-electron chi connectivity index (χ3n) is 1.89. The molecule has 0 aromatic heterocycles. The zero-order valence-corrected chi connectivity index (χ0v) is 10.5. The average Bonchev–Trinajstić information content (AvgIpc) is 2.29. The quantitative estimate of drug-likeness (QED) is 0.718. The van der Waals surface area contributed by atoms with E-state index in [0.29, 0.717) is 0 Å². The van der Waals surface area contributed by atoms with Crippen LogP contribution in [0.2, 0.25) is 0 Å². The number of hydrogen-bond donors (Lipinski definition) is 3. The summed E-state index contributed by atoms with van der Waals surface area (Å²) in [5, 5.41) is 6.64. The fourth-order valence-electron chi connectivity index (χ4n) is 1.11. The fraction of sp³-hybridized carbons (Fsp3) is 0.111. The minimum atomic E-state index is -4.23. The van der Waals surface area contributed by atoms with Gasteiger partial charge in [-0.25, -0.2) is 19.0 Å². The number of carbonyl (C=O) groups is 2. The first-order chi connectivity index (χ1) is 8.73. The number of methoxy groups -OCH3 is 1. The van der Waals surface area contributed by atoms with Crippen molar-refractivity contribution in [2.24, 2.45) is 5.14 Å². The van der Waals surface area contributed by atoms with E-state index in [9.17, 15) is 22.4 Å². The number of hydrogen-bond acceptors (Lipinski definition) is 5. The number of amides is 2. The van der Waals surface area contributed by atoms with Crippen molar-refractivity contribution in [2.75, 3.05) is 12.4 Å². The Bertz CT molecular complexity index is 616. The van der Waals surface area contributed by atoms with Gasteiger partial charge in [0.05, 0.1) is 12.8 Å². The lowest BCUT2D eigenvalue weighted by Crippen LogP contribution is -2.36. The minimum absolute atomic E-state index is 0.207. The summed E-state index contributed by atoms with van der Waals surface area (Å²) in [5.41, 5.74) is -0.546. The maximum Gasteiger partial charge on any atom is 0.411 e. The molecule has 1 aromatic carbocycles. The van der Waals surface area contributed by atoms with E-state index < -0.39 is 28.0 Å². The Morgan fingerprint density at radius 2 is 2.00 bits per heavy atom. The second-order valence-corrected chi connectivity index (χ2v) is 4.58. The molecule has 104 valence electrons. The molecule has 0 aliphatic heterocycles. The lowest BCUT2D eigenvalue weighted by Gasteiger charge is -2.07. The highest BCUT2D eigenvalue weighted by Crippen LogP contribution is 2.16. The molecule has 1 aromatic rings. The summed E-state index contributed by atoms with van der Waals surface area (Å²) in [6.45, 7) is 0. The summed E-state index contributed by atoms with van der Waals surface area (Å²) in [6, 6.07) is 2.84. The molecule has 0 radical (unpaired) electrons. The Balaban J connectivity index is 3.02. The first-order valence-corrected chi connectivity index (χ1v) is 6.27. The van der Waals surface area contributed by atoms with Gasteiger partial charge in [-0.15, -0.1) is 0 Å². The molecule has 0 heterocycles. The van der Waals surface area contributed by atoms with E-state index in [4.69, 9.17) is 0 Å². The number of nitrogens with one attached hydrogen (secondary N) is 2. The van der Waals surface area contributed by atoms with Crippen LogP contribution in [0.1, 0.15) is 10.4 Å². The highest BCUT2D eigenvalue weighted by molar-refractivity contribution is 7.87. The number of nitrogens with two attached hydrogens (primary N) is 1. The standard InChI is InChI=1S/C9H10FN3O5S/c1-18-9(15)12-7-4-5(2-3-6(7)10)8(14)13-19(11,16)17/h2-4H,1H3,(H,12,15)(H,13,14)(H2,11,16,17). The van der Waals surface area contributed by atoms with Gasteiger partial charge in [0.25, 0.3) is 16.1 Å². The Hall–Kier alpha value is -2.20. The molecule has 19 heavy (non-hydrogen) atoms. The summed E-state index contributed by atoms with van der Waals surface area (Å²) in [5.74, 6) is -1.88. The van der Waals surface area contributed by atoms with Gasteiger partial charge in [-0.3, -0.25) is 10.1 Å². The SMILES string of the molecule is COC(=O)Nc1cc(C(=O)NS(N)(=O)=O)ccc1F. The first-order valence-electron chi connectivity index (χ1n) is 4.72. The van der Waals surface area contributed by atoms with Gasteiger partial charge in [0.2, 0.25) is 0 Å². The van der Waals surface area contributed by atoms with E-state index >= 15 is 0 Å². The van der Waals surface area contributed by atoms with Crippen LogP contribution in [0.15, 0.2) is 18.2 Å². The number of carbonyl (C=O) groups excluding carboxylic acids is 2. The van der Waals surface area contributed by atoms with Gasteiger partial charge in [0, 0.05) is 5.56 Å². The topological polar surface area (TPSA) is 128 Å². The van der Waals surface area contributed by atoms with Gasteiger partial charge in [0.15, 0.2) is 0 Å². The second-order valence-electron chi connectivity index (χ2n) is 3.29. The summed E-state index contributed by atoms with van der Waals surface area (Å²) in [7, 11) is -3.15. The zero-order valence-electron chi connectivity index (χ0n) is 9.64. The summed E-state index contributed by atoms with van der Waals surface area (Å²) >= 11 is 0. The van der Waals surface area contributed by atoms with Crippen LogP contribution in [0.4, 0.5) is 14.9 Å². The Kier molecular flexibility index (Phi) is 4.40. The van der Waals surface area contributed by atoms with Gasteiger partial charge >= 0.3 is 6.09 Å². The van der Waals surface area contributed by atoms with Gasteiger partial charge in [-0.2, -0.15) is 8.42 Å². The van der Waals surface area contributed by atoms with E-state index in [1.807, 2.05) is 5.32 Å². The van der Waals surface area contributed by atoms with Crippen molar-refractivity contribution in [3.63, 3.8) is 0 Å². The molecular weight excluding hydrogens is 281 g/mol. The Morgan fingerprint density at radius 3 is 2.53 bits per heavy atom. The smallest absolute Gasteiger partial charge is 0.411 e. The van der Waals surface area contributed by atoms with E-state index in [0.717, 1.165) is 25.3 Å². The third kappa shape index (κ3) is 4.52. The predicted molar refractivity (Wildman–Crippen MR) is 63.0 cm³/mol. The molecule has 0 saturated heterocycles. The normalized spacial score (nSPS) is 10.7. The molecule has 4 N–H and O–H groups in total. The lowest BCUT2D eigenvalue weighted by atomic mass is 10.2. The molecule has 0 spiro atoms. The van der Waals surface area contributed by atoms with Crippen LogP contribution in [0.3, 0.4) is 0 Å². The van der Waals surface area contributed by atoms with Gasteiger partial charge < -0.3 is 4.74 Å². The fourth-order valence-corrected chi connectivity index (χ4v) is 1.49. The summed E-state index contributed by atoms with van der Waals surface area (Å²) in [6.07, 6.45) is -0.942. The molecule has 2 amide bonds. The number of rotatable bonds is 3. The van der Waals surface area contributed by atoms with E-state index in [-0.39, 0.29) is 11.3 Å². The molecule has 1 rings (SSSR count). The summed E-state index contributed by atoms with van der Waals surface area (Å²) < 4.78 is 40.4. The van der Waals surface area contributed by atoms with Crippen molar-refractivity contribution in [3.05, 3.63) is 29.6 Å². The molecule has 0 aliphatic rings. The maximum absolute atomic E-state index is 13.3. The van der Waals surface area contributed by atoms with Crippen LogP contribution < -0.4 is 15.2 Å². The van der Waals surface area contributed by atoms with E-state index in [1.54, 1.807) is 0 Å². The number of anilines is 1. The van der Waals surface area contributed by atoms with Gasteiger partial charge in [-0.05, 0) is 18.2 Å². The first kappa shape index (κ1) is 14.9. The molecule has 10 heteroatoms. The van der Waals surface area contributed by atoms with Crippen LogP contribution in [0.25, 0.3) is 0 Å². The van der Waals surface area contributed by atoms with Crippen LogP contribution in [-0.4, -0.2) is 27.5 Å². The van der Waals surface area contributed by atoms with Crippen molar-refractivity contribution in [2.45, 2.75) is 0 Å². The van der Waals surface area contributed by atoms with Gasteiger partial charge in [0.1, 0.15) is 5.82 Å². The third-order valence-corrected chi connectivity index (χ3v) is 2.36. The molecular formula is C9H10FN3O5S. The van der Waals surface area contributed by atoms with Crippen molar-refractivity contribution >= 4 is 27.9 Å². The summed E-state index contributed by atoms with van der Waals surface area (Å²) in [4.78, 5) is 22.4. The van der Waals surface area contributed by atoms with Crippen LogP contribution in [-0.2, 0) is 14.9 Å². The van der Waals surface area contributed by atoms with Gasteiger partial charge in [-0.1, -0.05) is 0 Å². The number of ether oxygens (including phenoxy) is 1. The Morgan fingerprint density at radius 1 is 1.37 bits per heavy atom. The highest BCUT2D eigenvalue weighted by atomic mass is 32.2. The van der Waals surface area contributed by atoms with Crippen LogP contribution in [0.5, 0.6) is 0 Å². The monoisotopic (exact) mass is 291 g/mol. The maximum atomic E-state index is 13.3. The molecule has 0 atom stereocenters. The molecule has 8 nitrogen and oxygen atoms in total. The Labute approximate surface area is 107 Å². The van der Waals surface area contributed by atoms with Crippen molar-refractivity contribution in [1.82, 2.24) is 4.72 Å². The van der Waals surface area contributed by atoms with Crippen LogP contribution in [0, 0.1) is 5.82 Å². The predicted octanol–water partition coefficient (Wildman–Crippen LogP) is -0.0627. The number of halogens is 1. The molecule has 0 unspecified atom stereocenters. The second kappa shape index (κ2) is 5.63. The highest BCUT2D eigenvalue weighted by Gasteiger charge is 2.15. The van der Waals surface area contributed by atoms with Crippen molar-refractivity contribution in [1.29, 1.82) is 0 Å². The molecule has 0 aliphatic carbocycles. The van der Waals surface area contributed by atoms with Crippen LogP contribution >= 0.6 is 0 Å². The van der Waals surface area contributed by atoms with E-state index in [1.165, 1.54) is 4.72 Å². The molecule has 0 bridgehead atoms. The number of benzene rings is 1. The average molecular weight is 291 g/mol. The molecule has 0 fully saturated rings. The van der Waals surface area contributed by atoms with Crippen molar-refractivity contribution < 1.29 is 27.1 Å². The minimum Gasteiger partial charge on any atom is -0.453 e.